The average Bonchev–Trinajstić information content (AvgIpc) is 2.94. The second kappa shape index (κ2) is 4.96. The summed E-state index contributed by atoms with van der Waals surface area (Å²) in [5.74, 6) is -2.94. The van der Waals surface area contributed by atoms with Crippen LogP contribution in [0, 0.1) is 11.8 Å². The summed E-state index contributed by atoms with van der Waals surface area (Å²) in [6.07, 6.45) is 2.97. The maximum absolute atomic E-state index is 12.5. The predicted molar refractivity (Wildman–Crippen MR) is 79.8 cm³/mol. The predicted octanol–water partition coefficient (Wildman–Crippen LogP) is 2.43. The molecule has 1 aromatic rings. The molecule has 2 bridgehead atoms. The van der Waals surface area contributed by atoms with Crippen molar-refractivity contribution >= 4 is 33.5 Å². The number of halogens is 1. The molecule has 1 amide bonds. The van der Waals surface area contributed by atoms with Crippen LogP contribution in [-0.4, -0.2) is 28.7 Å². The lowest BCUT2D eigenvalue weighted by Gasteiger charge is -2.27. The van der Waals surface area contributed by atoms with Crippen LogP contribution < -0.4 is 5.32 Å². The van der Waals surface area contributed by atoms with Crippen molar-refractivity contribution in [3.8, 4) is 0 Å². The average molecular weight is 352 g/mol. The zero-order valence-electron chi connectivity index (χ0n) is 11.2. The maximum atomic E-state index is 12.5. The van der Waals surface area contributed by atoms with E-state index in [1.54, 1.807) is 31.2 Å². The van der Waals surface area contributed by atoms with Crippen molar-refractivity contribution in [1.82, 2.24) is 0 Å². The minimum atomic E-state index is -1.01. The van der Waals surface area contributed by atoms with Gasteiger partial charge < -0.3 is 15.2 Å². The van der Waals surface area contributed by atoms with Gasteiger partial charge in [-0.25, -0.2) is 0 Å². The smallest absolute Gasteiger partial charge is 0.310 e. The van der Waals surface area contributed by atoms with Crippen LogP contribution in [0.1, 0.15) is 6.92 Å². The molecule has 5 nitrogen and oxygen atoms in total. The van der Waals surface area contributed by atoms with Gasteiger partial charge in [-0.3, -0.25) is 9.59 Å². The summed E-state index contributed by atoms with van der Waals surface area (Å²) < 4.78 is 6.57. The van der Waals surface area contributed by atoms with E-state index in [9.17, 15) is 14.7 Å². The Bertz CT molecular complexity index is 627. The van der Waals surface area contributed by atoms with Gasteiger partial charge in [0.25, 0.3) is 0 Å². The van der Waals surface area contributed by atoms with E-state index in [1.807, 2.05) is 12.1 Å². The molecule has 0 saturated carbocycles. The maximum Gasteiger partial charge on any atom is 0.310 e. The van der Waals surface area contributed by atoms with Gasteiger partial charge in [0.2, 0.25) is 5.91 Å². The molecule has 2 aliphatic heterocycles. The van der Waals surface area contributed by atoms with Crippen LogP contribution in [0.4, 0.5) is 5.69 Å². The second-order valence-electron chi connectivity index (χ2n) is 5.46. The number of carbonyl (C=O) groups excluding carboxylic acids is 1. The van der Waals surface area contributed by atoms with Crippen LogP contribution in [-0.2, 0) is 14.3 Å². The molecule has 2 heterocycles. The Morgan fingerprint density at radius 1 is 1.33 bits per heavy atom. The molecule has 3 rings (SSSR count). The Balaban J connectivity index is 1.84. The number of rotatable bonds is 3. The molecular formula is C15H14BrNO4. The molecule has 0 aromatic heterocycles. The first-order chi connectivity index (χ1) is 9.90. The van der Waals surface area contributed by atoms with Crippen LogP contribution >= 0.6 is 15.9 Å². The van der Waals surface area contributed by atoms with Crippen molar-refractivity contribution < 1.29 is 19.4 Å². The third kappa shape index (κ3) is 2.38. The number of amides is 1. The summed E-state index contributed by atoms with van der Waals surface area (Å²) in [5.41, 5.74) is -0.227. The van der Waals surface area contributed by atoms with Crippen molar-refractivity contribution in [3.05, 3.63) is 40.9 Å². The Kier molecular flexibility index (Phi) is 3.37. The summed E-state index contributed by atoms with van der Waals surface area (Å²) in [6, 6.07) is 7.13. The fourth-order valence-corrected chi connectivity index (χ4v) is 3.30. The van der Waals surface area contributed by atoms with Gasteiger partial charge in [0, 0.05) is 10.2 Å². The van der Waals surface area contributed by atoms with E-state index in [4.69, 9.17) is 4.74 Å². The number of carbonyl (C=O) groups is 2. The van der Waals surface area contributed by atoms with Crippen molar-refractivity contribution in [2.24, 2.45) is 11.8 Å². The molecule has 2 N–H and O–H groups in total. The van der Waals surface area contributed by atoms with E-state index >= 15 is 0 Å². The van der Waals surface area contributed by atoms with Crippen molar-refractivity contribution in [2.75, 3.05) is 5.32 Å². The number of hydrogen-bond donors (Lipinski definition) is 2. The van der Waals surface area contributed by atoms with Crippen molar-refractivity contribution in [3.63, 3.8) is 0 Å². The highest BCUT2D eigenvalue weighted by Crippen LogP contribution is 2.47. The first-order valence-corrected chi connectivity index (χ1v) is 7.36. The highest BCUT2D eigenvalue weighted by molar-refractivity contribution is 9.10. The number of benzene rings is 1. The van der Waals surface area contributed by atoms with Gasteiger partial charge in [0.1, 0.15) is 5.92 Å². The summed E-state index contributed by atoms with van der Waals surface area (Å²) >= 11 is 3.32. The van der Waals surface area contributed by atoms with Crippen LogP contribution in [0.5, 0.6) is 0 Å². The highest BCUT2D eigenvalue weighted by atomic mass is 79.9. The third-order valence-corrected chi connectivity index (χ3v) is 4.55. The molecule has 21 heavy (non-hydrogen) atoms. The summed E-state index contributed by atoms with van der Waals surface area (Å²) in [7, 11) is 0. The van der Waals surface area contributed by atoms with E-state index in [0.717, 1.165) is 4.47 Å². The van der Waals surface area contributed by atoms with Crippen LogP contribution in [0.2, 0.25) is 0 Å². The molecule has 110 valence electrons. The zero-order valence-corrected chi connectivity index (χ0v) is 12.8. The molecule has 6 heteroatoms. The monoisotopic (exact) mass is 351 g/mol. The number of carboxylic acids is 1. The minimum Gasteiger partial charge on any atom is -0.481 e. The fourth-order valence-electron chi connectivity index (χ4n) is 3.03. The summed E-state index contributed by atoms with van der Waals surface area (Å²) in [6.45, 7) is 1.75. The van der Waals surface area contributed by atoms with Gasteiger partial charge in [-0.05, 0) is 31.2 Å². The second-order valence-corrected chi connectivity index (χ2v) is 6.38. The molecule has 1 aromatic carbocycles. The topological polar surface area (TPSA) is 75.6 Å². The number of carboxylic acid groups (broad SMARTS) is 1. The van der Waals surface area contributed by atoms with Gasteiger partial charge in [0.05, 0.1) is 17.6 Å². The third-order valence-electron chi connectivity index (χ3n) is 4.02. The standard InChI is InChI=1S/C15H14BrNO4/c1-15-7-6-10(21-15)11(14(19)20)12(15)13(18)17-9-4-2-8(16)3-5-9/h2-7,10-12H,1H3,(H,17,18)(H,19,20)/t10-,11+,12-,15+/m1/s1. The number of fused-ring (bicyclic) bond motifs is 2. The molecule has 4 atom stereocenters. The first-order valence-electron chi connectivity index (χ1n) is 6.57. The lowest BCUT2D eigenvalue weighted by molar-refractivity contribution is -0.146. The van der Waals surface area contributed by atoms with E-state index in [1.165, 1.54) is 0 Å². The van der Waals surface area contributed by atoms with Gasteiger partial charge in [-0.2, -0.15) is 0 Å². The van der Waals surface area contributed by atoms with Gasteiger partial charge in [-0.1, -0.05) is 28.1 Å². The lowest BCUT2D eigenvalue weighted by Crippen LogP contribution is -2.44. The largest absolute Gasteiger partial charge is 0.481 e. The summed E-state index contributed by atoms with van der Waals surface area (Å²) in [5, 5.41) is 12.1. The van der Waals surface area contributed by atoms with E-state index in [0.29, 0.717) is 5.69 Å². The van der Waals surface area contributed by atoms with Gasteiger partial charge in [-0.15, -0.1) is 0 Å². The van der Waals surface area contributed by atoms with E-state index < -0.39 is 29.5 Å². The Labute approximate surface area is 130 Å². The number of nitrogens with one attached hydrogen (secondary N) is 1. The van der Waals surface area contributed by atoms with Crippen LogP contribution in [0.25, 0.3) is 0 Å². The SMILES string of the molecule is C[C@@]12C=C[C@@H](O1)[C@H](C(=O)O)[C@@H]2C(=O)Nc1ccc(Br)cc1. The molecule has 0 spiro atoms. The Morgan fingerprint density at radius 2 is 2.00 bits per heavy atom. The molecule has 2 aliphatic rings. The van der Waals surface area contributed by atoms with Crippen LogP contribution in [0.3, 0.4) is 0 Å². The van der Waals surface area contributed by atoms with E-state index in [-0.39, 0.29) is 5.91 Å². The number of anilines is 1. The summed E-state index contributed by atoms with van der Waals surface area (Å²) in [4.78, 5) is 24.0. The molecule has 0 aliphatic carbocycles. The van der Waals surface area contributed by atoms with E-state index in [2.05, 4.69) is 21.2 Å². The fraction of sp³-hybridized carbons (Fsp3) is 0.333. The van der Waals surface area contributed by atoms with Crippen LogP contribution in [0.15, 0.2) is 40.9 Å². The minimum absolute atomic E-state index is 0.334. The molecule has 0 unspecified atom stereocenters. The van der Waals surface area contributed by atoms with Gasteiger partial charge >= 0.3 is 5.97 Å². The van der Waals surface area contributed by atoms with Crippen molar-refractivity contribution in [2.45, 2.75) is 18.6 Å². The molecular weight excluding hydrogens is 338 g/mol. The molecule has 1 saturated heterocycles. The number of ether oxygens (including phenoxy) is 1. The lowest BCUT2D eigenvalue weighted by atomic mass is 9.75. The zero-order chi connectivity index (χ0) is 15.2. The Hall–Kier alpha value is -1.66. The Morgan fingerprint density at radius 3 is 2.62 bits per heavy atom. The van der Waals surface area contributed by atoms with Crippen molar-refractivity contribution in [1.29, 1.82) is 0 Å². The molecule has 1 fully saturated rings. The normalized spacial score (nSPS) is 33.1. The number of aliphatic carboxylic acids is 1. The number of hydrogen-bond acceptors (Lipinski definition) is 3. The molecule has 0 radical (unpaired) electrons. The highest BCUT2D eigenvalue weighted by Gasteiger charge is 2.59. The van der Waals surface area contributed by atoms with Gasteiger partial charge in [0.15, 0.2) is 0 Å². The quantitative estimate of drug-likeness (QED) is 0.820. The first kappa shape index (κ1) is 14.3.